The van der Waals surface area contributed by atoms with Crippen LogP contribution in [0.25, 0.3) is 0 Å². The zero-order valence-electron chi connectivity index (χ0n) is 11.5. The first-order chi connectivity index (χ1) is 9.96. The van der Waals surface area contributed by atoms with E-state index in [2.05, 4.69) is 0 Å². The Labute approximate surface area is 124 Å². The van der Waals surface area contributed by atoms with E-state index in [1.807, 2.05) is 6.07 Å². The maximum Gasteiger partial charge on any atom is 0.244 e. The fourth-order valence-corrected chi connectivity index (χ4v) is 3.24. The quantitative estimate of drug-likeness (QED) is 0.874. The number of benzene rings is 2. The van der Waals surface area contributed by atoms with Crippen LogP contribution >= 0.6 is 0 Å². The van der Waals surface area contributed by atoms with E-state index in [4.69, 9.17) is 11.0 Å². The molecule has 0 unspecified atom stereocenters. The Balaban J connectivity index is 2.36. The smallest absolute Gasteiger partial charge is 0.244 e. The van der Waals surface area contributed by atoms with Gasteiger partial charge in [0.15, 0.2) is 0 Å². The van der Waals surface area contributed by atoms with Crippen molar-refractivity contribution in [3.05, 3.63) is 59.7 Å². The van der Waals surface area contributed by atoms with Crippen LogP contribution in [0.1, 0.15) is 11.1 Å². The summed E-state index contributed by atoms with van der Waals surface area (Å²) in [6, 6.07) is 15.1. The summed E-state index contributed by atoms with van der Waals surface area (Å²) in [5, 5.41) is 9.04. The van der Waals surface area contributed by atoms with Crippen LogP contribution in [0.3, 0.4) is 0 Å². The van der Waals surface area contributed by atoms with Crippen LogP contribution in [0, 0.1) is 11.3 Å². The van der Waals surface area contributed by atoms with Gasteiger partial charge in [0.25, 0.3) is 0 Å². The number of anilines is 1. The average molecular weight is 301 g/mol. The lowest BCUT2D eigenvalue weighted by atomic mass is 10.2. The summed E-state index contributed by atoms with van der Waals surface area (Å²) in [5.41, 5.74) is 7.22. The summed E-state index contributed by atoms with van der Waals surface area (Å²) in [6.45, 7) is 0.148. The lowest BCUT2D eigenvalue weighted by Crippen LogP contribution is -2.27. The van der Waals surface area contributed by atoms with Crippen molar-refractivity contribution in [2.24, 2.45) is 0 Å². The highest BCUT2D eigenvalue weighted by molar-refractivity contribution is 7.89. The van der Waals surface area contributed by atoms with Gasteiger partial charge in [-0.3, -0.25) is 0 Å². The van der Waals surface area contributed by atoms with Gasteiger partial charge in [-0.25, -0.2) is 8.42 Å². The highest BCUT2D eigenvalue weighted by atomic mass is 32.2. The van der Waals surface area contributed by atoms with Crippen molar-refractivity contribution in [2.45, 2.75) is 11.4 Å². The number of sulfonamides is 1. The van der Waals surface area contributed by atoms with Gasteiger partial charge in [-0.1, -0.05) is 30.3 Å². The number of nitriles is 1. The Kier molecular flexibility index (Phi) is 4.26. The van der Waals surface area contributed by atoms with Crippen molar-refractivity contribution in [3.8, 4) is 6.07 Å². The van der Waals surface area contributed by atoms with E-state index in [0.717, 1.165) is 5.56 Å². The molecular formula is C15H15N3O2S. The van der Waals surface area contributed by atoms with Crippen molar-refractivity contribution in [2.75, 3.05) is 12.8 Å². The molecular weight excluding hydrogens is 286 g/mol. The van der Waals surface area contributed by atoms with Gasteiger partial charge >= 0.3 is 0 Å². The molecule has 0 saturated heterocycles. The van der Waals surface area contributed by atoms with E-state index in [-0.39, 0.29) is 17.0 Å². The molecule has 2 aromatic carbocycles. The Bertz CT molecular complexity index is 795. The first-order valence-electron chi connectivity index (χ1n) is 6.25. The Morgan fingerprint density at radius 1 is 1.14 bits per heavy atom. The van der Waals surface area contributed by atoms with E-state index in [1.165, 1.54) is 23.5 Å². The first kappa shape index (κ1) is 15.0. The SMILES string of the molecule is CN(Cc1ccccc1N)S(=O)(=O)c1ccccc1C#N. The highest BCUT2D eigenvalue weighted by Gasteiger charge is 2.24. The minimum atomic E-state index is -3.74. The molecule has 2 rings (SSSR count). The Morgan fingerprint density at radius 2 is 1.76 bits per heavy atom. The Morgan fingerprint density at radius 3 is 2.43 bits per heavy atom. The average Bonchev–Trinajstić information content (AvgIpc) is 2.49. The van der Waals surface area contributed by atoms with Gasteiger partial charge in [0.05, 0.1) is 10.5 Å². The molecule has 0 aromatic heterocycles. The minimum absolute atomic E-state index is 0.00417. The van der Waals surface area contributed by atoms with Crippen molar-refractivity contribution < 1.29 is 8.42 Å². The summed E-state index contributed by atoms with van der Waals surface area (Å²) in [5.74, 6) is 0. The van der Waals surface area contributed by atoms with E-state index < -0.39 is 10.0 Å². The summed E-state index contributed by atoms with van der Waals surface area (Å²) in [6.07, 6.45) is 0. The van der Waals surface area contributed by atoms with Crippen molar-refractivity contribution in [3.63, 3.8) is 0 Å². The molecule has 5 nitrogen and oxygen atoms in total. The highest BCUT2D eigenvalue weighted by Crippen LogP contribution is 2.21. The van der Waals surface area contributed by atoms with Gasteiger partial charge in [0.1, 0.15) is 6.07 Å². The maximum absolute atomic E-state index is 12.6. The molecule has 2 aromatic rings. The molecule has 0 saturated carbocycles. The zero-order chi connectivity index (χ0) is 15.5. The van der Waals surface area contributed by atoms with Gasteiger partial charge in [0.2, 0.25) is 10.0 Å². The topological polar surface area (TPSA) is 87.2 Å². The molecule has 0 bridgehead atoms. The van der Waals surface area contributed by atoms with Crippen LogP contribution < -0.4 is 5.73 Å². The second-order valence-electron chi connectivity index (χ2n) is 4.57. The third-order valence-electron chi connectivity index (χ3n) is 3.14. The first-order valence-corrected chi connectivity index (χ1v) is 7.69. The molecule has 108 valence electrons. The van der Waals surface area contributed by atoms with Gasteiger partial charge in [-0.15, -0.1) is 0 Å². The number of nitrogens with zero attached hydrogens (tertiary/aromatic N) is 2. The molecule has 0 heterocycles. The van der Waals surface area contributed by atoms with E-state index in [1.54, 1.807) is 36.4 Å². The van der Waals surface area contributed by atoms with E-state index >= 15 is 0 Å². The molecule has 2 N–H and O–H groups in total. The number of para-hydroxylation sites is 1. The molecule has 21 heavy (non-hydrogen) atoms. The van der Waals surface area contributed by atoms with Crippen LogP contribution in [0.2, 0.25) is 0 Å². The fraction of sp³-hybridized carbons (Fsp3) is 0.133. The molecule has 0 fully saturated rings. The van der Waals surface area contributed by atoms with Crippen LogP contribution in [-0.4, -0.2) is 19.8 Å². The predicted octanol–water partition coefficient (Wildman–Crippen LogP) is 1.96. The normalized spacial score (nSPS) is 11.3. The van der Waals surface area contributed by atoms with E-state index in [9.17, 15) is 8.42 Å². The number of nitrogen functional groups attached to an aromatic ring is 1. The molecule has 0 radical (unpaired) electrons. The van der Waals surface area contributed by atoms with Gasteiger partial charge in [0, 0.05) is 19.3 Å². The summed E-state index contributed by atoms with van der Waals surface area (Å²) < 4.78 is 26.3. The predicted molar refractivity (Wildman–Crippen MR) is 80.7 cm³/mol. The molecule has 0 amide bonds. The second kappa shape index (κ2) is 5.95. The van der Waals surface area contributed by atoms with Crippen molar-refractivity contribution in [1.82, 2.24) is 4.31 Å². The van der Waals surface area contributed by atoms with Crippen LogP contribution in [0.4, 0.5) is 5.69 Å². The summed E-state index contributed by atoms with van der Waals surface area (Å²) in [4.78, 5) is 0.00417. The molecule has 0 aliphatic carbocycles. The number of hydrogen-bond acceptors (Lipinski definition) is 4. The minimum Gasteiger partial charge on any atom is -0.398 e. The van der Waals surface area contributed by atoms with Crippen LogP contribution in [0.5, 0.6) is 0 Å². The lowest BCUT2D eigenvalue weighted by molar-refractivity contribution is 0.467. The zero-order valence-corrected chi connectivity index (χ0v) is 12.3. The fourth-order valence-electron chi connectivity index (χ4n) is 1.95. The van der Waals surface area contributed by atoms with Crippen molar-refractivity contribution in [1.29, 1.82) is 5.26 Å². The second-order valence-corrected chi connectivity index (χ2v) is 6.58. The number of nitrogens with two attached hydrogens (primary N) is 1. The molecule has 0 atom stereocenters. The third kappa shape index (κ3) is 3.05. The number of hydrogen-bond donors (Lipinski definition) is 1. The van der Waals surface area contributed by atoms with Gasteiger partial charge < -0.3 is 5.73 Å². The lowest BCUT2D eigenvalue weighted by Gasteiger charge is -2.18. The molecule has 0 aliphatic rings. The molecule has 0 spiro atoms. The monoisotopic (exact) mass is 301 g/mol. The van der Waals surface area contributed by atoms with Crippen molar-refractivity contribution >= 4 is 15.7 Å². The summed E-state index contributed by atoms with van der Waals surface area (Å²) >= 11 is 0. The Hall–Kier alpha value is -2.36. The maximum atomic E-state index is 12.6. The third-order valence-corrected chi connectivity index (χ3v) is 5.01. The van der Waals surface area contributed by atoms with Gasteiger partial charge in [-0.05, 0) is 23.8 Å². The van der Waals surface area contributed by atoms with Gasteiger partial charge in [-0.2, -0.15) is 9.57 Å². The summed E-state index contributed by atoms with van der Waals surface area (Å²) in [7, 11) is -2.27. The number of rotatable bonds is 4. The van der Waals surface area contributed by atoms with E-state index in [0.29, 0.717) is 5.69 Å². The van der Waals surface area contributed by atoms with Crippen LogP contribution in [-0.2, 0) is 16.6 Å². The molecule has 6 heteroatoms. The van der Waals surface area contributed by atoms with Crippen LogP contribution in [0.15, 0.2) is 53.4 Å². The standard InChI is InChI=1S/C15H15N3O2S/c1-18(11-13-7-2-4-8-14(13)17)21(19,20)15-9-5-3-6-12(15)10-16/h2-9H,11,17H2,1H3. The molecule has 0 aliphatic heterocycles. The largest absolute Gasteiger partial charge is 0.398 e.